The summed E-state index contributed by atoms with van der Waals surface area (Å²) in [6, 6.07) is 2.95. The van der Waals surface area contributed by atoms with Crippen LogP contribution in [0.1, 0.15) is 23.1 Å². The Bertz CT molecular complexity index is 712. The smallest absolute Gasteiger partial charge is 0.276 e. The van der Waals surface area contributed by atoms with Gasteiger partial charge in [0.15, 0.2) is 0 Å². The maximum Gasteiger partial charge on any atom is 0.276 e. The lowest BCUT2D eigenvalue weighted by atomic mass is 10.2. The molecule has 3 N–H and O–H groups in total. The number of halogens is 3. The van der Waals surface area contributed by atoms with Gasteiger partial charge in [0.2, 0.25) is 0 Å². The van der Waals surface area contributed by atoms with Crippen LogP contribution in [0, 0.1) is 6.92 Å². The number of aromatic nitrogens is 2. The molecule has 0 spiro atoms. The molecule has 21 heavy (non-hydrogen) atoms. The largest absolute Gasteiger partial charge is 0.395 e. The van der Waals surface area contributed by atoms with Crippen molar-refractivity contribution in [2.45, 2.75) is 20.4 Å². The zero-order valence-corrected chi connectivity index (χ0v) is 13.6. The molecule has 112 valence electrons. The third-order valence-electron chi connectivity index (χ3n) is 2.95. The Morgan fingerprint density at radius 3 is 2.52 bits per heavy atom. The van der Waals surface area contributed by atoms with Crippen molar-refractivity contribution in [3.05, 3.63) is 38.6 Å². The lowest BCUT2D eigenvalue weighted by Gasteiger charge is -2.10. The second-order valence-electron chi connectivity index (χ2n) is 4.36. The second-order valence-corrected chi connectivity index (χ2v) is 5.59. The van der Waals surface area contributed by atoms with Crippen LogP contribution in [0.25, 0.3) is 0 Å². The second kappa shape index (κ2) is 6.13. The first-order valence-electron chi connectivity index (χ1n) is 6.13. The minimum Gasteiger partial charge on any atom is -0.395 e. The van der Waals surface area contributed by atoms with E-state index in [0.29, 0.717) is 33.7 Å². The molecule has 0 aliphatic heterocycles. The van der Waals surface area contributed by atoms with Crippen molar-refractivity contribution in [3.63, 3.8) is 0 Å². The minimum absolute atomic E-state index is 0.288. The predicted molar refractivity (Wildman–Crippen MR) is 86.5 cm³/mol. The van der Waals surface area contributed by atoms with E-state index < -0.39 is 5.91 Å². The molecule has 1 aromatic carbocycles. The average Bonchev–Trinajstić information content (AvgIpc) is 2.71. The topological polar surface area (TPSA) is 72.9 Å². The molecule has 1 heterocycles. The van der Waals surface area contributed by atoms with Crippen LogP contribution in [0.4, 0.5) is 11.4 Å². The van der Waals surface area contributed by atoms with E-state index in [9.17, 15) is 4.79 Å². The number of carbonyl (C=O) groups excluding carboxylic acids is 1. The van der Waals surface area contributed by atoms with Crippen molar-refractivity contribution in [3.8, 4) is 0 Å². The molecule has 8 heteroatoms. The summed E-state index contributed by atoms with van der Waals surface area (Å²) in [4.78, 5) is 12.4. The first kappa shape index (κ1) is 15.9. The van der Waals surface area contributed by atoms with Crippen LogP contribution in [-0.2, 0) is 6.54 Å². The van der Waals surface area contributed by atoms with Gasteiger partial charge in [0.05, 0.1) is 32.1 Å². The monoisotopic (exact) mass is 346 g/mol. The minimum atomic E-state index is -0.407. The summed E-state index contributed by atoms with van der Waals surface area (Å²) in [5, 5.41) is 7.76. The van der Waals surface area contributed by atoms with E-state index in [-0.39, 0.29) is 10.7 Å². The molecule has 2 aromatic rings. The number of rotatable bonds is 3. The van der Waals surface area contributed by atoms with Crippen LogP contribution < -0.4 is 11.1 Å². The zero-order valence-electron chi connectivity index (χ0n) is 11.4. The van der Waals surface area contributed by atoms with E-state index in [4.69, 9.17) is 40.5 Å². The van der Waals surface area contributed by atoms with Gasteiger partial charge in [-0.25, -0.2) is 0 Å². The molecule has 0 aliphatic rings. The fourth-order valence-corrected chi connectivity index (χ4v) is 2.46. The van der Waals surface area contributed by atoms with E-state index in [0.717, 1.165) is 0 Å². The number of nitrogens with zero attached hydrogens (tertiary/aromatic N) is 2. The summed E-state index contributed by atoms with van der Waals surface area (Å²) in [5.74, 6) is -0.407. The van der Waals surface area contributed by atoms with E-state index in [1.54, 1.807) is 6.92 Å². The highest BCUT2D eigenvalue weighted by atomic mass is 35.5. The van der Waals surface area contributed by atoms with Crippen LogP contribution in [0.15, 0.2) is 12.1 Å². The van der Waals surface area contributed by atoms with Crippen LogP contribution in [-0.4, -0.2) is 15.7 Å². The molecule has 0 saturated heterocycles. The highest BCUT2D eigenvalue weighted by molar-refractivity contribution is 6.44. The number of nitrogen functional groups attached to an aromatic ring is 1. The number of hydrogen-bond acceptors (Lipinski definition) is 3. The fraction of sp³-hybridized carbons (Fsp3) is 0.231. The highest BCUT2D eigenvalue weighted by Crippen LogP contribution is 2.32. The van der Waals surface area contributed by atoms with Gasteiger partial charge in [-0.3, -0.25) is 9.48 Å². The number of hydrogen-bond donors (Lipinski definition) is 2. The molecule has 0 radical (unpaired) electrons. The third-order valence-corrected chi connectivity index (χ3v) is 3.98. The molecule has 5 nitrogen and oxygen atoms in total. The lowest BCUT2D eigenvalue weighted by molar-refractivity contribution is 0.101. The van der Waals surface area contributed by atoms with Crippen LogP contribution in [0.5, 0.6) is 0 Å². The van der Waals surface area contributed by atoms with Gasteiger partial charge in [-0.2, -0.15) is 5.10 Å². The van der Waals surface area contributed by atoms with Crippen LogP contribution in [0.3, 0.4) is 0 Å². The summed E-state index contributed by atoms with van der Waals surface area (Å²) in [6.45, 7) is 4.13. The Hall–Kier alpha value is -1.43. The van der Waals surface area contributed by atoms with Gasteiger partial charge in [-0.15, -0.1) is 0 Å². The van der Waals surface area contributed by atoms with Crippen molar-refractivity contribution >= 4 is 52.1 Å². The number of amides is 1. The normalized spacial score (nSPS) is 10.7. The van der Waals surface area contributed by atoms with Crippen molar-refractivity contribution in [1.82, 2.24) is 9.78 Å². The molecule has 1 aromatic heterocycles. The van der Waals surface area contributed by atoms with Gasteiger partial charge < -0.3 is 11.1 Å². The highest BCUT2D eigenvalue weighted by Gasteiger charge is 2.20. The van der Waals surface area contributed by atoms with Crippen LogP contribution >= 0.6 is 34.8 Å². The average molecular weight is 348 g/mol. The van der Waals surface area contributed by atoms with Gasteiger partial charge in [0.25, 0.3) is 5.91 Å². The molecular weight excluding hydrogens is 335 g/mol. The molecule has 0 saturated carbocycles. The quantitative estimate of drug-likeness (QED) is 0.824. The van der Waals surface area contributed by atoms with Gasteiger partial charge in [0.1, 0.15) is 5.69 Å². The number of carbonyl (C=O) groups is 1. The van der Waals surface area contributed by atoms with Gasteiger partial charge >= 0.3 is 0 Å². The molecule has 1 amide bonds. The number of anilines is 2. The maximum atomic E-state index is 12.4. The first-order valence-corrected chi connectivity index (χ1v) is 7.27. The molecule has 0 bridgehead atoms. The Morgan fingerprint density at radius 2 is 1.90 bits per heavy atom. The van der Waals surface area contributed by atoms with E-state index in [1.165, 1.54) is 16.8 Å². The number of benzene rings is 1. The van der Waals surface area contributed by atoms with Gasteiger partial charge in [-0.1, -0.05) is 34.8 Å². The molecule has 2 rings (SSSR count). The Morgan fingerprint density at radius 1 is 1.29 bits per heavy atom. The van der Waals surface area contributed by atoms with Crippen LogP contribution in [0.2, 0.25) is 15.1 Å². The first-order chi connectivity index (χ1) is 9.85. The van der Waals surface area contributed by atoms with Crippen molar-refractivity contribution in [2.75, 3.05) is 11.1 Å². The Kier molecular flexibility index (Phi) is 4.66. The summed E-state index contributed by atoms with van der Waals surface area (Å²) in [7, 11) is 0. The summed E-state index contributed by atoms with van der Waals surface area (Å²) >= 11 is 17.8. The fourth-order valence-electron chi connectivity index (χ4n) is 1.86. The molecule has 0 fully saturated rings. The lowest BCUT2D eigenvalue weighted by Crippen LogP contribution is -2.19. The number of aryl methyl sites for hydroxylation is 2. The standard InChI is InChI=1S/C13H13Cl3N4O/c1-3-20-12(11(17)6(2)19-20)13(21)18-10-5-8(15)7(14)4-9(10)16/h4-5H,3,17H2,1-2H3,(H,18,21). The Labute approximate surface area is 137 Å². The zero-order chi connectivity index (χ0) is 15.7. The van der Waals surface area contributed by atoms with Crippen molar-refractivity contribution in [1.29, 1.82) is 0 Å². The SMILES string of the molecule is CCn1nc(C)c(N)c1C(=O)Nc1cc(Cl)c(Cl)cc1Cl. The third kappa shape index (κ3) is 3.10. The number of nitrogens with one attached hydrogen (secondary N) is 1. The Balaban J connectivity index is 2.37. The van der Waals surface area contributed by atoms with Crippen molar-refractivity contribution in [2.24, 2.45) is 0 Å². The van der Waals surface area contributed by atoms with E-state index >= 15 is 0 Å². The van der Waals surface area contributed by atoms with E-state index in [1.807, 2.05) is 6.92 Å². The van der Waals surface area contributed by atoms with Crippen molar-refractivity contribution < 1.29 is 4.79 Å². The number of nitrogens with two attached hydrogens (primary N) is 1. The molecule has 0 unspecified atom stereocenters. The maximum absolute atomic E-state index is 12.4. The van der Waals surface area contributed by atoms with E-state index in [2.05, 4.69) is 10.4 Å². The summed E-state index contributed by atoms with van der Waals surface area (Å²) in [5.41, 5.74) is 7.49. The predicted octanol–water partition coefficient (Wildman–Crippen LogP) is 4.01. The van der Waals surface area contributed by atoms with Gasteiger partial charge in [-0.05, 0) is 26.0 Å². The summed E-state index contributed by atoms with van der Waals surface area (Å²) in [6.07, 6.45) is 0. The molecular formula is C13H13Cl3N4O. The molecule has 0 aliphatic carbocycles. The molecule has 0 atom stereocenters. The van der Waals surface area contributed by atoms with Gasteiger partial charge in [0, 0.05) is 6.54 Å². The summed E-state index contributed by atoms with van der Waals surface area (Å²) < 4.78 is 1.53.